The third-order valence-corrected chi connectivity index (χ3v) is 7.06. The fourth-order valence-electron chi connectivity index (χ4n) is 4.76. The number of fused-ring (bicyclic) bond motifs is 2. The van der Waals surface area contributed by atoms with Gasteiger partial charge in [-0.2, -0.15) is 0 Å². The molecule has 1 aliphatic heterocycles. The summed E-state index contributed by atoms with van der Waals surface area (Å²) in [7, 11) is 0. The van der Waals surface area contributed by atoms with Crippen LogP contribution in [0.2, 0.25) is 0 Å². The van der Waals surface area contributed by atoms with Crippen LogP contribution in [-0.2, 0) is 9.53 Å². The van der Waals surface area contributed by atoms with E-state index in [9.17, 15) is 14.7 Å². The molecule has 1 aliphatic carbocycles. The first kappa shape index (κ1) is 21.6. The van der Waals surface area contributed by atoms with Gasteiger partial charge in [0.2, 0.25) is 0 Å². The van der Waals surface area contributed by atoms with E-state index in [0.29, 0.717) is 39.4 Å². The number of furan rings is 1. The second kappa shape index (κ2) is 8.38. The Morgan fingerprint density at radius 3 is 3.03 bits per heavy atom. The number of aromatic nitrogens is 3. The number of Topliss-reactive ketones (excluding diaryl/α,β-unsaturated/α-hetero) is 1. The molecule has 0 fully saturated rings. The normalized spacial score (nSPS) is 17.3. The lowest BCUT2D eigenvalue weighted by Crippen LogP contribution is -2.26. The Morgan fingerprint density at radius 2 is 2.17 bits per heavy atom. The van der Waals surface area contributed by atoms with Crippen LogP contribution in [-0.4, -0.2) is 38.4 Å². The highest BCUT2D eigenvalue weighted by Gasteiger charge is 2.39. The lowest BCUT2D eigenvalue weighted by molar-refractivity contribution is -0.116. The highest BCUT2D eigenvalue weighted by molar-refractivity contribution is 7.99. The Bertz CT molecular complexity index is 1510. The van der Waals surface area contributed by atoms with Crippen molar-refractivity contribution in [3.05, 3.63) is 64.8 Å². The molecule has 35 heavy (non-hydrogen) atoms. The molecule has 10 heteroatoms. The first-order valence-corrected chi connectivity index (χ1v) is 12.2. The van der Waals surface area contributed by atoms with Crippen molar-refractivity contribution in [2.75, 3.05) is 11.9 Å². The second-order valence-electron chi connectivity index (χ2n) is 8.44. The van der Waals surface area contributed by atoms with E-state index in [1.165, 1.54) is 11.8 Å². The van der Waals surface area contributed by atoms with Crippen LogP contribution in [0.3, 0.4) is 0 Å². The van der Waals surface area contributed by atoms with Crippen molar-refractivity contribution < 1.29 is 23.8 Å². The highest BCUT2D eigenvalue weighted by atomic mass is 32.2. The topological polar surface area (TPSA) is 133 Å². The highest BCUT2D eigenvalue weighted by Crippen LogP contribution is 2.47. The number of nitrogens with one attached hydrogen (secondary N) is 3. The second-order valence-corrected chi connectivity index (χ2v) is 9.44. The molecular formula is C25H22N4O5S. The Kier molecular flexibility index (Phi) is 5.18. The molecule has 0 radical (unpaired) electrons. The minimum absolute atomic E-state index is 0.0796. The molecule has 2 aliphatic rings. The van der Waals surface area contributed by atoms with Gasteiger partial charge in [-0.15, -0.1) is 0 Å². The number of anilines is 1. The summed E-state index contributed by atoms with van der Waals surface area (Å²) in [5.41, 5.74) is 4.71. The van der Waals surface area contributed by atoms with E-state index in [4.69, 9.17) is 9.15 Å². The van der Waals surface area contributed by atoms with Crippen LogP contribution in [0.15, 0.2) is 62.5 Å². The van der Waals surface area contributed by atoms with Crippen LogP contribution in [0.25, 0.3) is 11.0 Å². The zero-order chi connectivity index (χ0) is 24.1. The Hall–Kier alpha value is -3.92. The molecule has 0 amide bonds. The number of rotatable bonds is 5. The van der Waals surface area contributed by atoms with Gasteiger partial charge in [-0.05, 0) is 55.8 Å². The van der Waals surface area contributed by atoms with Gasteiger partial charge in [-0.3, -0.25) is 4.79 Å². The largest absolute Gasteiger partial charge is 0.508 e. The van der Waals surface area contributed by atoms with Crippen molar-refractivity contribution in [1.82, 2.24) is 15.0 Å². The molecule has 178 valence electrons. The van der Waals surface area contributed by atoms with Crippen molar-refractivity contribution in [1.29, 1.82) is 0 Å². The van der Waals surface area contributed by atoms with Crippen molar-refractivity contribution in [2.24, 2.45) is 0 Å². The maximum atomic E-state index is 13.0. The van der Waals surface area contributed by atoms with E-state index >= 15 is 0 Å². The number of nitrogens with zero attached hydrogens (tertiary/aromatic N) is 1. The van der Waals surface area contributed by atoms with Gasteiger partial charge in [-0.25, -0.2) is 9.78 Å². The summed E-state index contributed by atoms with van der Waals surface area (Å²) in [5.74, 6) is -0.0278. The minimum atomic E-state index is -0.446. The standard InChI is InChI=1S/C25H22N4O5S/c1-2-33-24(32)23-22-13(11-26-23)20(21-15(27-22)4-3-5-17(21)31)18-8-9-19(34-18)35-25-28-14-7-6-12(30)10-16(14)29-25/h6-11,20,26-27,30H,2-5H2,1H3,(H,28,29). The van der Waals surface area contributed by atoms with E-state index < -0.39 is 11.9 Å². The molecule has 6 rings (SSSR count). The number of aromatic amines is 2. The Labute approximate surface area is 204 Å². The molecule has 4 N–H and O–H groups in total. The summed E-state index contributed by atoms with van der Waals surface area (Å²) in [4.78, 5) is 36.3. The first-order chi connectivity index (χ1) is 17.0. The third kappa shape index (κ3) is 3.70. The number of allylic oxidation sites excluding steroid dienone is 2. The quantitative estimate of drug-likeness (QED) is 0.285. The molecule has 4 aromatic rings. The third-order valence-electron chi connectivity index (χ3n) is 6.25. The number of hydrogen-bond acceptors (Lipinski definition) is 8. The van der Waals surface area contributed by atoms with Gasteiger partial charge < -0.3 is 29.5 Å². The Balaban J connectivity index is 1.37. The fourth-order valence-corrected chi connectivity index (χ4v) is 5.53. The molecule has 1 unspecified atom stereocenters. The molecule has 1 atom stereocenters. The van der Waals surface area contributed by atoms with Crippen molar-refractivity contribution in [3.63, 3.8) is 0 Å². The average molecular weight is 491 g/mol. The fraction of sp³-hybridized carbons (Fsp3) is 0.240. The summed E-state index contributed by atoms with van der Waals surface area (Å²) in [6.07, 6.45) is 3.70. The molecule has 3 aromatic heterocycles. The predicted octanol–water partition coefficient (Wildman–Crippen LogP) is 5.08. The summed E-state index contributed by atoms with van der Waals surface area (Å²) in [5, 5.41) is 14.3. The number of benzene rings is 1. The van der Waals surface area contributed by atoms with Crippen molar-refractivity contribution >= 4 is 40.2 Å². The molecule has 0 saturated heterocycles. The van der Waals surface area contributed by atoms with Crippen molar-refractivity contribution in [3.8, 4) is 5.75 Å². The van der Waals surface area contributed by atoms with Crippen LogP contribution < -0.4 is 5.32 Å². The molecular weight excluding hydrogens is 468 g/mol. The average Bonchev–Trinajstić information content (AvgIpc) is 3.56. The number of carbonyl (C=O) groups excluding carboxylic acids is 2. The predicted molar refractivity (Wildman–Crippen MR) is 129 cm³/mol. The van der Waals surface area contributed by atoms with Gasteiger partial charge in [0.25, 0.3) is 0 Å². The number of ether oxygens (including phenoxy) is 1. The summed E-state index contributed by atoms with van der Waals surface area (Å²) >= 11 is 1.32. The number of phenols is 1. The number of esters is 1. The molecule has 0 bridgehead atoms. The van der Waals surface area contributed by atoms with Crippen LogP contribution in [0.5, 0.6) is 5.75 Å². The van der Waals surface area contributed by atoms with Crippen LogP contribution in [0.4, 0.5) is 5.69 Å². The van der Waals surface area contributed by atoms with Gasteiger partial charge >= 0.3 is 5.97 Å². The smallest absolute Gasteiger partial charge is 0.356 e. The lowest BCUT2D eigenvalue weighted by atomic mass is 9.78. The number of aromatic hydroxyl groups is 1. The maximum Gasteiger partial charge on any atom is 0.356 e. The lowest BCUT2D eigenvalue weighted by Gasteiger charge is -2.31. The summed E-state index contributed by atoms with van der Waals surface area (Å²) in [6.45, 7) is 2.03. The number of phenolic OH excluding ortho intramolecular Hbond substituents is 1. The first-order valence-electron chi connectivity index (χ1n) is 11.4. The molecule has 4 heterocycles. The van der Waals surface area contributed by atoms with Gasteiger partial charge in [0.1, 0.15) is 17.2 Å². The van der Waals surface area contributed by atoms with E-state index in [1.807, 2.05) is 12.1 Å². The van der Waals surface area contributed by atoms with E-state index in [2.05, 4.69) is 20.3 Å². The van der Waals surface area contributed by atoms with Gasteiger partial charge in [0.15, 0.2) is 16.0 Å². The zero-order valence-electron chi connectivity index (χ0n) is 18.8. The van der Waals surface area contributed by atoms with Gasteiger partial charge in [0, 0.05) is 35.5 Å². The summed E-state index contributed by atoms with van der Waals surface area (Å²) in [6, 6.07) is 8.65. The molecule has 0 saturated carbocycles. The number of H-pyrrole nitrogens is 2. The van der Waals surface area contributed by atoms with Gasteiger partial charge in [-0.1, -0.05) is 0 Å². The molecule has 9 nitrogen and oxygen atoms in total. The summed E-state index contributed by atoms with van der Waals surface area (Å²) < 4.78 is 11.4. The number of hydrogen-bond donors (Lipinski definition) is 4. The van der Waals surface area contributed by atoms with E-state index in [-0.39, 0.29) is 18.1 Å². The maximum absolute atomic E-state index is 13.0. The SMILES string of the molecule is CCOC(=O)c1[nH]cc2c1NC1=C(C(=O)CCC1)C2c1ccc(Sc2nc3ccc(O)cc3[nH]2)o1. The van der Waals surface area contributed by atoms with Crippen LogP contribution in [0, 0.1) is 0 Å². The van der Waals surface area contributed by atoms with E-state index in [0.717, 1.165) is 35.1 Å². The minimum Gasteiger partial charge on any atom is -0.508 e. The number of ketones is 1. The van der Waals surface area contributed by atoms with Crippen LogP contribution in [0.1, 0.15) is 53.9 Å². The molecule has 0 spiro atoms. The Morgan fingerprint density at radius 1 is 1.29 bits per heavy atom. The zero-order valence-corrected chi connectivity index (χ0v) is 19.6. The van der Waals surface area contributed by atoms with Gasteiger partial charge in [0.05, 0.1) is 29.2 Å². The molecule has 1 aromatic carbocycles. The van der Waals surface area contributed by atoms with E-state index in [1.54, 1.807) is 31.3 Å². The van der Waals surface area contributed by atoms with Crippen LogP contribution >= 0.6 is 11.8 Å². The monoisotopic (exact) mass is 490 g/mol. The number of imidazole rings is 1. The van der Waals surface area contributed by atoms with Crippen molar-refractivity contribution in [2.45, 2.75) is 42.4 Å². The number of carbonyl (C=O) groups is 2.